The van der Waals surface area contributed by atoms with Crippen LogP contribution in [0.2, 0.25) is 0 Å². The Morgan fingerprint density at radius 3 is 2.77 bits per heavy atom. The van der Waals surface area contributed by atoms with Crippen LogP contribution in [0.5, 0.6) is 0 Å². The number of hydrogen-bond donors (Lipinski definition) is 1. The average Bonchev–Trinajstić information content (AvgIpc) is 2.92. The first kappa shape index (κ1) is 17.1. The minimum Gasteiger partial charge on any atom is -0.454 e. The van der Waals surface area contributed by atoms with E-state index in [1.54, 1.807) is 6.92 Å². The Bertz CT molecular complexity index is 518. The highest BCUT2D eigenvalue weighted by Crippen LogP contribution is 2.46. The van der Waals surface area contributed by atoms with Crippen molar-refractivity contribution in [3.63, 3.8) is 0 Å². The van der Waals surface area contributed by atoms with Crippen molar-refractivity contribution in [1.82, 2.24) is 0 Å². The van der Waals surface area contributed by atoms with Crippen molar-refractivity contribution in [2.24, 2.45) is 0 Å². The number of carbonyl (C=O) groups excluding carboxylic acids is 2. The van der Waals surface area contributed by atoms with Gasteiger partial charge in [-0.15, -0.1) is 0 Å². The van der Waals surface area contributed by atoms with E-state index in [9.17, 15) is 13.8 Å². The summed E-state index contributed by atoms with van der Waals surface area (Å²) in [6, 6.07) is 0. The molecule has 5 atom stereocenters. The van der Waals surface area contributed by atoms with Crippen LogP contribution in [-0.4, -0.2) is 51.2 Å². The summed E-state index contributed by atoms with van der Waals surface area (Å²) in [5.41, 5.74) is -0.608. The summed E-state index contributed by atoms with van der Waals surface area (Å²) in [6.45, 7) is 6.03. The Labute approximate surface area is 130 Å². The van der Waals surface area contributed by atoms with Gasteiger partial charge in [-0.05, 0) is 26.7 Å². The normalized spacial score (nSPS) is 34.2. The molecule has 2 fully saturated rings. The quantitative estimate of drug-likeness (QED) is 0.425. The maximum atomic E-state index is 11.8. The van der Waals surface area contributed by atoms with E-state index in [0.717, 1.165) is 0 Å². The molecule has 0 saturated carbocycles. The number of rotatable bonds is 6. The Balaban J connectivity index is 1.97. The monoisotopic (exact) mass is 334 g/mol. The molecule has 0 spiro atoms. The largest absolute Gasteiger partial charge is 0.454 e. The number of fused-ring (bicyclic) bond motifs is 2. The van der Waals surface area contributed by atoms with E-state index in [0.29, 0.717) is 12.8 Å². The number of ether oxygens (including phenoxy) is 3. The van der Waals surface area contributed by atoms with Crippen LogP contribution in [0.15, 0.2) is 12.2 Å². The van der Waals surface area contributed by atoms with Crippen molar-refractivity contribution < 1.29 is 36.7 Å². The molecule has 8 nitrogen and oxygen atoms in total. The van der Waals surface area contributed by atoms with Gasteiger partial charge < -0.3 is 14.2 Å². The fourth-order valence-electron chi connectivity index (χ4n) is 2.70. The lowest BCUT2D eigenvalue weighted by Gasteiger charge is -2.31. The van der Waals surface area contributed by atoms with E-state index in [4.69, 9.17) is 22.9 Å². The minimum absolute atomic E-state index is 0.167. The van der Waals surface area contributed by atoms with E-state index in [2.05, 4.69) is 6.58 Å². The van der Waals surface area contributed by atoms with E-state index in [-0.39, 0.29) is 5.57 Å². The highest BCUT2D eigenvalue weighted by Gasteiger charge is 2.60. The predicted octanol–water partition coefficient (Wildman–Crippen LogP) is 0.491. The average molecular weight is 334 g/mol. The molecule has 0 aromatic heterocycles. The van der Waals surface area contributed by atoms with Gasteiger partial charge in [0, 0.05) is 5.57 Å². The molecule has 1 N–H and O–H groups in total. The maximum absolute atomic E-state index is 11.8. The molecule has 2 saturated heterocycles. The molecular formula is C13H18O8S. The summed E-state index contributed by atoms with van der Waals surface area (Å²) in [4.78, 5) is 23.0. The molecule has 2 aliphatic heterocycles. The van der Waals surface area contributed by atoms with Gasteiger partial charge in [0.2, 0.25) is 0 Å². The molecule has 0 aliphatic carbocycles. The molecule has 5 unspecified atom stereocenters. The minimum atomic E-state index is -2.50. The lowest BCUT2D eigenvalue weighted by molar-refractivity contribution is -0.169. The molecule has 2 rings (SSSR count). The van der Waals surface area contributed by atoms with Gasteiger partial charge in [0.15, 0.2) is 12.7 Å². The lowest BCUT2D eigenvalue weighted by atomic mass is 9.85. The molecule has 0 aromatic rings. The molecule has 0 amide bonds. The fourth-order valence-corrected chi connectivity index (χ4v) is 3.11. The molecule has 0 aromatic carbocycles. The zero-order valence-electron chi connectivity index (χ0n) is 12.3. The van der Waals surface area contributed by atoms with E-state index >= 15 is 0 Å². The molecule has 22 heavy (non-hydrogen) atoms. The van der Waals surface area contributed by atoms with Crippen LogP contribution in [0.1, 0.15) is 26.7 Å². The predicted molar refractivity (Wildman–Crippen MR) is 73.8 cm³/mol. The molecule has 2 heterocycles. The van der Waals surface area contributed by atoms with Gasteiger partial charge in [-0.25, -0.2) is 9.59 Å². The molecular weight excluding hydrogens is 316 g/mol. The Morgan fingerprint density at radius 2 is 2.18 bits per heavy atom. The third kappa shape index (κ3) is 3.54. The van der Waals surface area contributed by atoms with Gasteiger partial charge >= 0.3 is 23.3 Å². The second-order valence-electron chi connectivity index (χ2n) is 5.55. The van der Waals surface area contributed by atoms with Gasteiger partial charge in [0.05, 0.1) is 6.10 Å². The summed E-state index contributed by atoms with van der Waals surface area (Å²) in [7, 11) is 0. The topological polar surface area (TPSA) is 108 Å². The van der Waals surface area contributed by atoms with Crippen LogP contribution >= 0.6 is 0 Å². The van der Waals surface area contributed by atoms with Crippen LogP contribution in [-0.2, 0) is 39.3 Å². The van der Waals surface area contributed by atoms with Crippen LogP contribution < -0.4 is 0 Å². The third-order valence-electron chi connectivity index (χ3n) is 3.73. The zero-order chi connectivity index (χ0) is 16.5. The van der Waals surface area contributed by atoms with E-state index in [1.807, 2.05) is 0 Å². The van der Waals surface area contributed by atoms with Gasteiger partial charge in [0.1, 0.15) is 11.7 Å². The van der Waals surface area contributed by atoms with Gasteiger partial charge in [-0.1, -0.05) is 6.58 Å². The number of esters is 2. The van der Waals surface area contributed by atoms with Crippen molar-refractivity contribution in [3.8, 4) is 0 Å². The number of carbonyl (C=O) groups is 2. The smallest absolute Gasteiger partial charge is 0.344 e. The summed E-state index contributed by atoms with van der Waals surface area (Å²) in [5, 5.41) is 0. The highest BCUT2D eigenvalue weighted by molar-refractivity contribution is 7.74. The van der Waals surface area contributed by atoms with E-state index < -0.39 is 53.8 Å². The second kappa shape index (κ2) is 6.45. The van der Waals surface area contributed by atoms with Crippen molar-refractivity contribution in [2.45, 2.75) is 50.6 Å². The van der Waals surface area contributed by atoms with Crippen molar-refractivity contribution >= 4 is 23.3 Å². The zero-order valence-corrected chi connectivity index (χ0v) is 13.1. The van der Waals surface area contributed by atoms with Gasteiger partial charge in [0.25, 0.3) is 0 Å². The second-order valence-corrected chi connectivity index (χ2v) is 6.18. The lowest BCUT2D eigenvalue weighted by Crippen LogP contribution is -2.48. The summed E-state index contributed by atoms with van der Waals surface area (Å²) in [6.07, 6.45) is -0.781. The molecule has 2 aliphatic rings. The van der Waals surface area contributed by atoms with Gasteiger partial charge in [-0.2, -0.15) is 4.21 Å². The highest BCUT2D eigenvalue weighted by atomic mass is 32.2. The standard InChI is InChI=1S/C13H18O8S/c1-7(2)12(15)18-6-9(14)19-11-10(21-22(16)17)8-4-5-13(11,3)20-8/h8,10-11H,1,4-6H2,2-3H3,(H,16,17). The first-order valence-electron chi connectivity index (χ1n) is 6.71. The Hall–Kier alpha value is -1.29. The van der Waals surface area contributed by atoms with Crippen LogP contribution in [0.25, 0.3) is 0 Å². The Kier molecular flexibility index (Phi) is 5.00. The first-order chi connectivity index (χ1) is 10.2. The van der Waals surface area contributed by atoms with Gasteiger partial charge in [-0.3, -0.25) is 8.74 Å². The number of hydrogen-bond acceptors (Lipinski definition) is 7. The van der Waals surface area contributed by atoms with Crippen molar-refractivity contribution in [1.29, 1.82) is 0 Å². The third-order valence-corrected chi connectivity index (χ3v) is 4.12. The summed E-state index contributed by atoms with van der Waals surface area (Å²) >= 11 is -2.50. The SMILES string of the molecule is C=C(C)C(=O)OCC(=O)OC1C(OS(=O)O)C2CCC1(C)O2. The molecule has 124 valence electrons. The van der Waals surface area contributed by atoms with Crippen LogP contribution in [0.4, 0.5) is 0 Å². The van der Waals surface area contributed by atoms with Crippen molar-refractivity contribution in [3.05, 3.63) is 12.2 Å². The molecule has 9 heteroatoms. The summed E-state index contributed by atoms with van der Waals surface area (Å²) in [5.74, 6) is -1.48. The summed E-state index contributed by atoms with van der Waals surface area (Å²) < 4.78 is 40.3. The maximum Gasteiger partial charge on any atom is 0.344 e. The first-order valence-corrected chi connectivity index (χ1v) is 7.74. The molecule has 0 radical (unpaired) electrons. The van der Waals surface area contributed by atoms with Crippen molar-refractivity contribution in [2.75, 3.05) is 6.61 Å². The molecule has 2 bridgehead atoms. The Morgan fingerprint density at radius 1 is 1.50 bits per heavy atom. The van der Waals surface area contributed by atoms with Crippen LogP contribution in [0, 0.1) is 0 Å². The fraction of sp³-hybridized carbons (Fsp3) is 0.692. The van der Waals surface area contributed by atoms with E-state index in [1.165, 1.54) is 6.92 Å². The van der Waals surface area contributed by atoms with Crippen LogP contribution in [0.3, 0.4) is 0 Å².